The van der Waals surface area contributed by atoms with Gasteiger partial charge in [-0.15, -0.1) is 6.42 Å². The molecule has 3 aromatic rings. The summed E-state index contributed by atoms with van der Waals surface area (Å²) >= 11 is 0. The average Bonchev–Trinajstić information content (AvgIpc) is 2.92. The smallest absolute Gasteiger partial charge is 0.328 e. The zero-order valence-corrected chi connectivity index (χ0v) is 22.7. The number of pyridine rings is 1. The van der Waals surface area contributed by atoms with Crippen molar-refractivity contribution in [1.82, 2.24) is 9.88 Å². The highest BCUT2D eigenvalue weighted by molar-refractivity contribution is 6.02. The molecule has 0 fully saturated rings. The van der Waals surface area contributed by atoms with Crippen molar-refractivity contribution in [1.29, 1.82) is 5.26 Å². The number of aromatic nitrogens is 1. The van der Waals surface area contributed by atoms with Crippen molar-refractivity contribution in [3.63, 3.8) is 0 Å². The van der Waals surface area contributed by atoms with Crippen LogP contribution in [0.4, 0.5) is 17.2 Å². The monoisotopic (exact) mass is 555 g/mol. The summed E-state index contributed by atoms with van der Waals surface area (Å²) in [6, 6.07) is 14.7. The summed E-state index contributed by atoms with van der Waals surface area (Å²) < 4.78 is 5.74. The molecule has 4 N–H and O–H groups in total. The first kappa shape index (κ1) is 31.6. The molecule has 0 aliphatic carbocycles. The summed E-state index contributed by atoms with van der Waals surface area (Å²) in [6.07, 6.45) is 9.86. The molecular formula is C30H29N5O6. The number of terminal acetylenes is 1. The highest BCUT2D eigenvalue weighted by Crippen LogP contribution is 2.32. The summed E-state index contributed by atoms with van der Waals surface area (Å²) in [5.74, 6) is 0.713. The Kier molecular flexibility index (Phi) is 12.1. The summed E-state index contributed by atoms with van der Waals surface area (Å²) in [7, 11) is 3.85. The van der Waals surface area contributed by atoms with Gasteiger partial charge in [0.1, 0.15) is 17.6 Å². The van der Waals surface area contributed by atoms with Gasteiger partial charge in [0.2, 0.25) is 5.91 Å². The van der Waals surface area contributed by atoms with E-state index in [1.54, 1.807) is 30.3 Å². The third kappa shape index (κ3) is 10.6. The molecule has 0 aliphatic rings. The predicted octanol–water partition coefficient (Wildman–Crippen LogP) is 4.00. The minimum Gasteiger partial charge on any atom is -0.492 e. The molecule has 11 nitrogen and oxygen atoms in total. The number of likely N-dealkylation sites (N-methyl/N-ethyl adjacent to an activating group) is 1. The van der Waals surface area contributed by atoms with Crippen molar-refractivity contribution >= 4 is 45.9 Å². The molecule has 1 aromatic heterocycles. The van der Waals surface area contributed by atoms with Crippen LogP contribution in [-0.4, -0.2) is 65.2 Å². The Morgan fingerprint density at radius 1 is 1.10 bits per heavy atom. The first-order valence-corrected chi connectivity index (χ1v) is 12.2. The molecule has 0 aliphatic heterocycles. The second-order valence-corrected chi connectivity index (χ2v) is 8.48. The van der Waals surface area contributed by atoms with E-state index in [0.717, 1.165) is 11.3 Å². The van der Waals surface area contributed by atoms with Crippen LogP contribution < -0.4 is 15.4 Å². The topological polar surface area (TPSA) is 165 Å². The summed E-state index contributed by atoms with van der Waals surface area (Å²) in [5.41, 5.74) is 2.94. The Hall–Kier alpha value is -5.65. The lowest BCUT2D eigenvalue weighted by Crippen LogP contribution is -2.13. The summed E-state index contributed by atoms with van der Waals surface area (Å²) in [5, 5.41) is 32.0. The first-order valence-electron chi connectivity index (χ1n) is 12.2. The molecule has 0 saturated heterocycles. The molecule has 41 heavy (non-hydrogen) atoms. The first-order chi connectivity index (χ1) is 19.6. The number of hydrogen-bond donors (Lipinski definition) is 4. The second-order valence-electron chi connectivity index (χ2n) is 8.48. The van der Waals surface area contributed by atoms with Gasteiger partial charge in [0.15, 0.2) is 0 Å². The maximum Gasteiger partial charge on any atom is 0.328 e. The van der Waals surface area contributed by atoms with E-state index < -0.39 is 11.9 Å². The standard InChI is InChI=1S/C26H25N5O2.C4H4O4/c1-5-18-9-7-10-21(13-18)28-26-20(17-27)14-19-15-23(24(33-6-2)16-22(19)30-26)29-25(32)11-8-12-31(3)4;5-3(6)1-2-4(7)8/h1,7-11,13-16H,6,12H2,2-4H3,(H,28,30)(H,29,32);1-2H,(H,5,6)(H,7,8)/b11-8+;2-1-. The molecule has 0 unspecified atom stereocenters. The number of carbonyl (C=O) groups excluding carboxylic acids is 1. The molecule has 0 radical (unpaired) electrons. The number of carboxylic acid groups (broad SMARTS) is 2. The molecule has 2 aromatic carbocycles. The van der Waals surface area contributed by atoms with Gasteiger partial charge in [-0.3, -0.25) is 4.79 Å². The van der Waals surface area contributed by atoms with Gasteiger partial charge in [-0.05, 0) is 51.4 Å². The number of ether oxygens (including phenoxy) is 1. The molecule has 1 amide bonds. The number of benzene rings is 2. The molecule has 3 rings (SSSR count). The second kappa shape index (κ2) is 15.7. The Balaban J connectivity index is 0.000000642. The number of aliphatic carboxylic acids is 2. The molecule has 0 spiro atoms. The minimum absolute atomic E-state index is 0.266. The Morgan fingerprint density at radius 3 is 2.39 bits per heavy atom. The van der Waals surface area contributed by atoms with Crippen LogP contribution in [0.2, 0.25) is 0 Å². The summed E-state index contributed by atoms with van der Waals surface area (Å²) in [4.78, 5) is 38.0. The number of nitrogens with one attached hydrogen (secondary N) is 2. The van der Waals surface area contributed by atoms with Crippen molar-refractivity contribution in [2.24, 2.45) is 0 Å². The van der Waals surface area contributed by atoms with Crippen LogP contribution in [0.5, 0.6) is 5.75 Å². The fraction of sp³-hybridized carbons (Fsp3) is 0.167. The van der Waals surface area contributed by atoms with Crippen molar-refractivity contribution < 1.29 is 29.3 Å². The maximum absolute atomic E-state index is 12.4. The Labute approximate surface area is 237 Å². The number of nitriles is 1. The van der Waals surface area contributed by atoms with Crippen LogP contribution in [0.1, 0.15) is 18.1 Å². The van der Waals surface area contributed by atoms with Crippen LogP contribution in [0, 0.1) is 23.7 Å². The third-order valence-corrected chi connectivity index (χ3v) is 4.99. The number of fused-ring (bicyclic) bond motifs is 1. The van der Waals surface area contributed by atoms with E-state index in [4.69, 9.17) is 21.4 Å². The fourth-order valence-electron chi connectivity index (χ4n) is 3.27. The fourth-order valence-corrected chi connectivity index (χ4v) is 3.27. The molecule has 11 heteroatoms. The van der Waals surface area contributed by atoms with Crippen LogP contribution in [0.15, 0.2) is 66.8 Å². The van der Waals surface area contributed by atoms with E-state index in [9.17, 15) is 19.6 Å². The zero-order valence-electron chi connectivity index (χ0n) is 22.7. The minimum atomic E-state index is -1.26. The van der Waals surface area contributed by atoms with Gasteiger partial charge in [-0.25, -0.2) is 14.6 Å². The van der Waals surface area contributed by atoms with Crippen LogP contribution in [0.3, 0.4) is 0 Å². The van der Waals surface area contributed by atoms with E-state index in [1.807, 2.05) is 44.1 Å². The van der Waals surface area contributed by atoms with Crippen LogP contribution in [0.25, 0.3) is 10.9 Å². The molecule has 0 saturated carbocycles. The van der Waals surface area contributed by atoms with E-state index in [2.05, 4.69) is 27.6 Å². The van der Waals surface area contributed by atoms with Gasteiger partial charge in [0.25, 0.3) is 0 Å². The van der Waals surface area contributed by atoms with Gasteiger partial charge >= 0.3 is 11.9 Å². The predicted molar refractivity (Wildman–Crippen MR) is 156 cm³/mol. The normalized spacial score (nSPS) is 10.5. The lowest BCUT2D eigenvalue weighted by Gasteiger charge is -2.14. The van der Waals surface area contributed by atoms with E-state index in [1.165, 1.54) is 6.08 Å². The molecule has 1 heterocycles. The van der Waals surface area contributed by atoms with Crippen molar-refractivity contribution in [3.8, 4) is 24.2 Å². The van der Waals surface area contributed by atoms with Crippen LogP contribution in [-0.2, 0) is 14.4 Å². The molecular weight excluding hydrogens is 526 g/mol. The molecule has 0 bridgehead atoms. The summed E-state index contributed by atoms with van der Waals surface area (Å²) in [6.45, 7) is 2.94. The lowest BCUT2D eigenvalue weighted by atomic mass is 10.1. The molecule has 210 valence electrons. The van der Waals surface area contributed by atoms with Gasteiger partial charge in [0.05, 0.1) is 23.4 Å². The van der Waals surface area contributed by atoms with Gasteiger partial charge in [0, 0.05) is 47.5 Å². The lowest BCUT2D eigenvalue weighted by molar-refractivity contribution is -0.134. The number of nitrogens with zero attached hydrogens (tertiary/aromatic N) is 3. The van der Waals surface area contributed by atoms with Gasteiger partial charge in [-0.2, -0.15) is 5.26 Å². The largest absolute Gasteiger partial charge is 0.492 e. The molecule has 0 atom stereocenters. The van der Waals surface area contributed by atoms with Crippen molar-refractivity contribution in [2.75, 3.05) is 37.9 Å². The van der Waals surface area contributed by atoms with E-state index in [-0.39, 0.29) is 5.91 Å². The van der Waals surface area contributed by atoms with E-state index in [0.29, 0.717) is 59.0 Å². The number of amides is 1. The Bertz CT molecular complexity index is 1550. The highest BCUT2D eigenvalue weighted by atomic mass is 16.5. The zero-order chi connectivity index (χ0) is 30.4. The van der Waals surface area contributed by atoms with Gasteiger partial charge < -0.3 is 30.5 Å². The number of anilines is 3. The van der Waals surface area contributed by atoms with Crippen LogP contribution >= 0.6 is 0 Å². The average molecular weight is 556 g/mol. The maximum atomic E-state index is 12.4. The van der Waals surface area contributed by atoms with Gasteiger partial charge in [-0.1, -0.05) is 18.1 Å². The van der Waals surface area contributed by atoms with Crippen molar-refractivity contribution in [2.45, 2.75) is 6.92 Å². The number of rotatable bonds is 10. The SMILES string of the molecule is C#Cc1cccc(Nc2nc3cc(OCC)c(NC(=O)/C=C/CN(C)C)cc3cc2C#N)c1.O=C(O)/C=C\C(=O)O. The van der Waals surface area contributed by atoms with Crippen molar-refractivity contribution in [3.05, 3.63) is 77.9 Å². The number of hydrogen-bond acceptors (Lipinski definition) is 8. The number of carbonyl (C=O) groups is 3. The Morgan fingerprint density at radius 2 is 1.80 bits per heavy atom. The highest BCUT2D eigenvalue weighted by Gasteiger charge is 2.13. The van der Waals surface area contributed by atoms with E-state index >= 15 is 0 Å². The quantitative estimate of drug-likeness (QED) is 0.212. The number of carboxylic acids is 2. The third-order valence-electron chi connectivity index (χ3n) is 4.99.